The molecule has 0 nitrogen and oxygen atoms in total. The van der Waals surface area contributed by atoms with Crippen LogP contribution in [0, 0.1) is 0 Å². The summed E-state index contributed by atoms with van der Waals surface area (Å²) >= 11 is 9.62. The van der Waals surface area contributed by atoms with E-state index in [4.69, 9.17) is 0 Å². The Morgan fingerprint density at radius 1 is 1.20 bits per heavy atom. The third-order valence-electron chi connectivity index (χ3n) is 0. The fourth-order valence-corrected chi connectivity index (χ4v) is 0. The summed E-state index contributed by atoms with van der Waals surface area (Å²) in [6.45, 7) is 1.94. The van der Waals surface area contributed by atoms with Crippen LogP contribution in [0.15, 0.2) is 0 Å². The largest absolute Gasteiger partial charge is 0.132 e. The minimum absolute atomic E-state index is 0.0625. The lowest BCUT2D eigenvalue weighted by Crippen LogP contribution is -1.83. The topological polar surface area (TPSA) is 0 Å². The van der Waals surface area contributed by atoms with Gasteiger partial charge in [-0.05, 0) is 6.92 Å². The van der Waals surface area contributed by atoms with Crippen LogP contribution in [0.1, 0.15) is 6.92 Å². The van der Waals surface area contributed by atoms with Crippen LogP contribution in [-0.4, -0.2) is 2.14 Å². The van der Waals surface area contributed by atoms with Gasteiger partial charge >= 0.3 is 0 Å². The number of hydrogen-bond acceptors (Lipinski definition) is 0. The van der Waals surface area contributed by atoms with Crippen molar-refractivity contribution in [1.82, 2.24) is 0 Å². The van der Waals surface area contributed by atoms with E-state index in [1.54, 1.807) is 0 Å². The lowest BCUT2D eigenvalue weighted by atomic mass is 11.0. The van der Waals surface area contributed by atoms with Gasteiger partial charge in [-0.3, -0.25) is 0 Å². The molecule has 0 heterocycles. The van der Waals surface area contributed by atoms with Crippen LogP contribution in [0.25, 0.3) is 0 Å². The Morgan fingerprint density at radius 2 is 1.20 bits per heavy atom. The van der Waals surface area contributed by atoms with Gasteiger partial charge in [0.25, 0.3) is 0 Å². The van der Waals surface area contributed by atoms with Gasteiger partial charge in [0.2, 0.25) is 0 Å². The summed E-state index contributed by atoms with van der Waals surface area (Å²) in [6, 6.07) is 0. The molecule has 0 saturated carbocycles. The van der Waals surface area contributed by atoms with E-state index in [1.165, 1.54) is 0 Å². The molecule has 0 aliphatic heterocycles. The summed E-state index contributed by atoms with van der Waals surface area (Å²) in [5.74, 6) is 0. The summed E-state index contributed by atoms with van der Waals surface area (Å²) in [5.41, 5.74) is 0. The van der Waals surface area contributed by atoms with Gasteiger partial charge in [-0.25, -0.2) is 0 Å². The van der Waals surface area contributed by atoms with Crippen molar-refractivity contribution in [2.24, 2.45) is 0 Å². The Morgan fingerprint density at radius 3 is 1.20 bits per heavy atom. The van der Waals surface area contributed by atoms with Gasteiger partial charge in [0.1, 0.15) is 2.14 Å². The van der Waals surface area contributed by atoms with Crippen LogP contribution in [0.2, 0.25) is 0 Å². The second kappa shape index (κ2) is 1.94. The van der Waals surface area contributed by atoms with Crippen molar-refractivity contribution in [2.75, 3.05) is 0 Å². The van der Waals surface area contributed by atoms with E-state index in [2.05, 4.69) is 47.8 Å². The number of rotatable bonds is 0. The molecule has 32 valence electrons. The molecule has 0 spiro atoms. The fraction of sp³-hybridized carbons (Fsp3) is 1.00. The van der Waals surface area contributed by atoms with Crippen molar-refractivity contribution in [1.29, 1.82) is 0 Å². The minimum atomic E-state index is -0.0625. The maximum atomic E-state index is 3.21. The van der Waals surface area contributed by atoms with Gasteiger partial charge < -0.3 is 0 Å². The maximum Gasteiger partial charge on any atom is 0.132 e. The van der Waals surface area contributed by atoms with Gasteiger partial charge in [0.05, 0.1) is 0 Å². The van der Waals surface area contributed by atoms with Crippen LogP contribution in [0.3, 0.4) is 0 Å². The quantitative estimate of drug-likeness (QED) is 0.592. The molecule has 0 aromatic heterocycles. The third kappa shape index (κ3) is 31.0. The molecule has 0 saturated heterocycles. The van der Waals surface area contributed by atoms with Gasteiger partial charge in [0.15, 0.2) is 0 Å². The Hall–Kier alpha value is 1.44. The first-order valence-corrected chi connectivity index (χ1v) is 3.45. The Labute approximate surface area is 56.7 Å². The fourth-order valence-electron chi connectivity index (χ4n) is 0. The van der Waals surface area contributed by atoms with Gasteiger partial charge in [0, 0.05) is 0 Å². The van der Waals surface area contributed by atoms with Crippen LogP contribution >= 0.6 is 47.8 Å². The molecule has 5 heavy (non-hydrogen) atoms. The predicted octanol–water partition coefficient (Wildman–Crippen LogP) is 2.84. The third-order valence-corrected chi connectivity index (χ3v) is 0. The average Bonchev–Trinajstić information content (AvgIpc) is 0.722. The average molecular weight is 267 g/mol. The summed E-state index contributed by atoms with van der Waals surface area (Å²) in [5, 5.41) is 0. The van der Waals surface area contributed by atoms with E-state index in [0.717, 1.165) is 0 Å². The number of hydrogen-bond donors (Lipinski definition) is 0. The molecular formula is C2H3Br3. The Bertz CT molecular complexity index is 20.4. The Balaban J connectivity index is 3.02. The van der Waals surface area contributed by atoms with Crippen LogP contribution < -0.4 is 0 Å². The standard InChI is InChI=1S/C2H3Br3/c1-2(3,4)5/h1H3. The molecule has 0 atom stereocenters. The molecule has 0 aliphatic carbocycles. The van der Waals surface area contributed by atoms with Crippen LogP contribution in [0.4, 0.5) is 0 Å². The summed E-state index contributed by atoms with van der Waals surface area (Å²) in [4.78, 5) is 0. The highest BCUT2D eigenvalue weighted by atomic mass is 80.0. The van der Waals surface area contributed by atoms with Crippen LogP contribution in [0.5, 0.6) is 0 Å². The first kappa shape index (κ1) is 6.44. The molecule has 0 bridgehead atoms. The molecular weight excluding hydrogens is 264 g/mol. The molecule has 0 radical (unpaired) electrons. The van der Waals surface area contributed by atoms with E-state index >= 15 is 0 Å². The normalized spacial score (nSPS) is 12.0. The molecule has 0 aromatic rings. The van der Waals surface area contributed by atoms with Gasteiger partial charge in [-0.2, -0.15) is 0 Å². The van der Waals surface area contributed by atoms with E-state index < -0.39 is 0 Å². The first-order valence-electron chi connectivity index (χ1n) is 1.07. The molecule has 0 fully saturated rings. The monoisotopic (exact) mass is 264 g/mol. The van der Waals surface area contributed by atoms with Crippen molar-refractivity contribution in [2.45, 2.75) is 9.07 Å². The van der Waals surface area contributed by atoms with Crippen molar-refractivity contribution >= 4 is 47.8 Å². The van der Waals surface area contributed by atoms with E-state index in [0.29, 0.717) is 0 Å². The predicted molar refractivity (Wildman–Crippen MR) is 35.2 cm³/mol. The highest BCUT2D eigenvalue weighted by Crippen LogP contribution is 2.31. The maximum absolute atomic E-state index is 3.21. The molecule has 3 heteroatoms. The lowest BCUT2D eigenvalue weighted by molar-refractivity contribution is 1.41. The zero-order valence-electron chi connectivity index (χ0n) is 2.63. The zero-order chi connectivity index (χ0) is 4.50. The van der Waals surface area contributed by atoms with Crippen molar-refractivity contribution in [3.8, 4) is 0 Å². The number of alkyl halides is 3. The molecule has 0 unspecified atom stereocenters. The van der Waals surface area contributed by atoms with Crippen molar-refractivity contribution < 1.29 is 0 Å². The highest BCUT2D eigenvalue weighted by molar-refractivity contribution is 9.39. The molecule has 0 aromatic carbocycles. The highest BCUT2D eigenvalue weighted by Gasteiger charge is 2.04. The lowest BCUT2D eigenvalue weighted by Gasteiger charge is -1.96. The second-order valence-electron chi connectivity index (χ2n) is 0.781. The van der Waals surface area contributed by atoms with E-state index in [-0.39, 0.29) is 2.14 Å². The first-order chi connectivity index (χ1) is 2.00. The number of halogens is 3. The van der Waals surface area contributed by atoms with Crippen molar-refractivity contribution in [3.05, 3.63) is 0 Å². The van der Waals surface area contributed by atoms with Gasteiger partial charge in [-0.1, -0.05) is 47.8 Å². The Kier molecular flexibility index (Phi) is 2.50. The SMILES string of the molecule is CC(Br)(Br)Br. The second-order valence-corrected chi connectivity index (χ2v) is 8.73. The molecule has 0 N–H and O–H groups in total. The molecule has 0 aliphatic rings. The van der Waals surface area contributed by atoms with Crippen LogP contribution in [-0.2, 0) is 0 Å². The minimum Gasteiger partial charge on any atom is -0.0603 e. The summed E-state index contributed by atoms with van der Waals surface area (Å²) < 4.78 is -0.0625. The van der Waals surface area contributed by atoms with E-state index in [1.807, 2.05) is 6.92 Å². The van der Waals surface area contributed by atoms with Crippen molar-refractivity contribution in [3.63, 3.8) is 0 Å². The molecule has 0 rings (SSSR count). The smallest absolute Gasteiger partial charge is 0.0603 e. The zero-order valence-corrected chi connectivity index (χ0v) is 7.39. The summed E-state index contributed by atoms with van der Waals surface area (Å²) in [7, 11) is 0. The van der Waals surface area contributed by atoms with Gasteiger partial charge in [-0.15, -0.1) is 0 Å². The van der Waals surface area contributed by atoms with E-state index in [9.17, 15) is 0 Å². The summed E-state index contributed by atoms with van der Waals surface area (Å²) in [6.07, 6.45) is 0. The molecule has 0 amide bonds.